The lowest BCUT2D eigenvalue weighted by molar-refractivity contribution is -0.884. The summed E-state index contributed by atoms with van der Waals surface area (Å²) in [6.45, 7) is 9.58. The number of hydrogen-bond acceptors (Lipinski definition) is 10. The fourth-order valence-electron chi connectivity index (χ4n) is 6.47. The van der Waals surface area contributed by atoms with Gasteiger partial charge < -0.3 is 40.7 Å². The van der Waals surface area contributed by atoms with E-state index < -0.39 is 35.4 Å². The van der Waals surface area contributed by atoms with Crippen LogP contribution in [0.1, 0.15) is 55.5 Å². The number of anilines is 2. The monoisotopic (exact) mass is 947 g/mol. The van der Waals surface area contributed by atoms with E-state index in [1.165, 1.54) is 36.9 Å². The molecule has 15 nitrogen and oxygen atoms in total. The number of ether oxygens (including phenoxy) is 2. The van der Waals surface area contributed by atoms with Gasteiger partial charge >= 0.3 is 23.8 Å². The number of imidazole rings is 1. The highest BCUT2D eigenvalue weighted by atomic mass is 31.0. The maximum Gasteiger partial charge on any atom is 0.490 e. The molecule has 2 amide bonds. The molecule has 4 aromatic rings. The second-order valence-corrected chi connectivity index (χ2v) is 15.7. The third-order valence-electron chi connectivity index (χ3n) is 10.2. The molecule has 1 aliphatic rings. The van der Waals surface area contributed by atoms with Gasteiger partial charge in [-0.3, -0.25) is 14.0 Å². The molecule has 1 aliphatic heterocycles. The van der Waals surface area contributed by atoms with Crippen molar-refractivity contribution in [3.63, 3.8) is 0 Å². The Morgan fingerprint density at radius 2 is 1.69 bits per heavy atom. The Balaban J connectivity index is 0.000000641. The van der Waals surface area contributed by atoms with Gasteiger partial charge in [-0.1, -0.05) is 20.3 Å². The average molecular weight is 948 g/mol. The summed E-state index contributed by atoms with van der Waals surface area (Å²) in [4.78, 5) is 54.8. The molecule has 65 heavy (non-hydrogen) atoms. The molecule has 0 aliphatic carbocycles. The van der Waals surface area contributed by atoms with Crippen molar-refractivity contribution < 1.29 is 69.4 Å². The van der Waals surface area contributed by atoms with E-state index in [2.05, 4.69) is 49.9 Å². The van der Waals surface area contributed by atoms with Crippen molar-refractivity contribution in [2.24, 2.45) is 11.8 Å². The molecule has 358 valence electrons. The number of aryl methyl sites for hydroxylation is 1. The van der Waals surface area contributed by atoms with E-state index in [0.717, 1.165) is 53.2 Å². The third kappa shape index (κ3) is 16.4. The zero-order valence-electron chi connectivity index (χ0n) is 36.5. The van der Waals surface area contributed by atoms with Gasteiger partial charge in [-0.05, 0) is 70.3 Å². The minimum absolute atomic E-state index is 0.0383. The van der Waals surface area contributed by atoms with E-state index in [4.69, 9.17) is 9.84 Å². The van der Waals surface area contributed by atoms with Crippen LogP contribution in [-0.4, -0.2) is 116 Å². The molecule has 2 aromatic carbocycles. The van der Waals surface area contributed by atoms with E-state index in [-0.39, 0.29) is 23.1 Å². The van der Waals surface area contributed by atoms with E-state index in [0.29, 0.717) is 73.8 Å². The van der Waals surface area contributed by atoms with Crippen molar-refractivity contribution in [2.75, 3.05) is 65.9 Å². The summed E-state index contributed by atoms with van der Waals surface area (Å²) in [7, 11) is 5.10. The summed E-state index contributed by atoms with van der Waals surface area (Å²) in [5.41, 5.74) is -0.749. The van der Waals surface area contributed by atoms with Gasteiger partial charge in [0.15, 0.2) is 23.0 Å². The van der Waals surface area contributed by atoms with Crippen molar-refractivity contribution in [3.8, 4) is 17.0 Å². The lowest BCUT2D eigenvalue weighted by Crippen LogP contribution is -3.10. The summed E-state index contributed by atoms with van der Waals surface area (Å²) in [5.74, 6) is -5.12. The fourth-order valence-corrected chi connectivity index (χ4v) is 6.47. The molecular weight excluding hydrogens is 892 g/mol. The number of carbonyl (C=O) groups is 4. The minimum atomic E-state index is -4.85. The molecule has 3 heterocycles. The highest BCUT2D eigenvalue weighted by Crippen LogP contribution is 2.32. The van der Waals surface area contributed by atoms with Gasteiger partial charge in [-0.15, -0.1) is 0 Å². The summed E-state index contributed by atoms with van der Waals surface area (Å²) < 4.78 is 94.5. The Hall–Kier alpha value is -5.60. The topological polar surface area (TPSA) is 190 Å². The van der Waals surface area contributed by atoms with Crippen LogP contribution in [-0.2, 0) is 25.5 Å². The molecule has 5 rings (SSSR count). The van der Waals surface area contributed by atoms with Crippen molar-refractivity contribution in [3.05, 3.63) is 71.7 Å². The van der Waals surface area contributed by atoms with Crippen LogP contribution in [0.2, 0.25) is 0 Å². The second-order valence-electron chi connectivity index (χ2n) is 15.0. The lowest BCUT2D eigenvalue weighted by atomic mass is 9.97. The normalized spacial score (nSPS) is 13.5. The van der Waals surface area contributed by atoms with Gasteiger partial charge in [0.2, 0.25) is 11.7 Å². The predicted molar refractivity (Wildman–Crippen MR) is 230 cm³/mol. The number of nitrogens with one attached hydrogen (secondary N) is 5. The van der Waals surface area contributed by atoms with Crippen molar-refractivity contribution >= 4 is 50.1 Å². The Morgan fingerprint density at radius 1 is 1.02 bits per heavy atom. The number of carbonyl (C=O) groups excluding carboxylic acids is 3. The van der Waals surface area contributed by atoms with Crippen LogP contribution in [0.4, 0.5) is 42.2 Å². The maximum atomic E-state index is 14.9. The van der Waals surface area contributed by atoms with E-state index >= 15 is 0 Å². The van der Waals surface area contributed by atoms with Gasteiger partial charge in [-0.25, -0.2) is 23.9 Å². The van der Waals surface area contributed by atoms with Gasteiger partial charge in [0, 0.05) is 67.7 Å². The number of nitrogens with zero attached hydrogens (tertiary/aromatic N) is 3. The van der Waals surface area contributed by atoms with E-state index in [1.54, 1.807) is 28.9 Å². The number of esters is 1. The van der Waals surface area contributed by atoms with Crippen LogP contribution < -0.4 is 30.9 Å². The van der Waals surface area contributed by atoms with Crippen LogP contribution in [0.5, 0.6) is 5.75 Å². The third-order valence-corrected chi connectivity index (χ3v) is 10.4. The summed E-state index contributed by atoms with van der Waals surface area (Å²) >= 11 is 0. The number of benzene rings is 2. The number of fused-ring (bicyclic) bond motifs is 1. The van der Waals surface area contributed by atoms with E-state index in [9.17, 15) is 49.9 Å². The average Bonchev–Trinajstić information content (AvgIpc) is 3.68. The Morgan fingerprint density at radius 3 is 2.25 bits per heavy atom. The summed E-state index contributed by atoms with van der Waals surface area (Å²) in [6, 6.07) is 8.25. The quantitative estimate of drug-likeness (QED) is 0.0321. The molecule has 3 unspecified atom stereocenters. The van der Waals surface area contributed by atoms with Crippen molar-refractivity contribution in [2.45, 2.75) is 57.8 Å². The van der Waals surface area contributed by atoms with Gasteiger partial charge in [-0.2, -0.15) is 26.3 Å². The van der Waals surface area contributed by atoms with Gasteiger partial charge in [0.05, 0.1) is 46.2 Å². The molecular formula is C42H55F7N8O7P+. The molecule has 1 fully saturated rings. The first-order chi connectivity index (χ1) is 30.6. The van der Waals surface area contributed by atoms with Crippen LogP contribution in [0.25, 0.3) is 16.9 Å². The largest absolute Gasteiger partial charge is 0.494 e. The first-order valence-corrected chi connectivity index (χ1v) is 21.1. The summed E-state index contributed by atoms with van der Waals surface area (Å²) in [6.07, 6.45) is 3.60. The predicted octanol–water partition coefficient (Wildman–Crippen LogP) is 5.03. The number of methoxy groups -OCH3 is 2. The van der Waals surface area contributed by atoms with Crippen LogP contribution >= 0.6 is 9.24 Å². The standard InChI is InChI=1S/C37H48F2N8O3.C3H3F3O2.C2H3F2O2P/c1-5-24(12-16-46(3)23-25-20-40-21-25)18-32(48)41-13-7-14-43-37(49)28-9-8-27(19-26(28)6-2)45-35-36-44-22-30(47(36)17-15-42-35)29-10-11-31(50-4)34(39)33(29)38;1-8-2(7)3(4,5)6;3-2(4,7)1(5)6/h8-11,15,17,19,22,24-25,40H,5-7,12-14,16,18,20-21,23H2,1-4H3,(H,41,48)(H,42,45)(H,43,49);1H3;7H2,(H,5,6)/p+1. The number of hydrogen-bond donors (Lipinski definition) is 6. The second kappa shape index (κ2) is 25.2. The number of halogens is 7. The number of aliphatic carboxylic acids is 1. The number of carboxylic acid groups (broad SMARTS) is 1. The number of amides is 2. The van der Waals surface area contributed by atoms with Crippen molar-refractivity contribution in [1.29, 1.82) is 0 Å². The molecule has 3 atom stereocenters. The summed E-state index contributed by atoms with van der Waals surface area (Å²) in [5, 5.41) is 20.1. The molecule has 23 heteroatoms. The molecule has 1 saturated heterocycles. The van der Waals surface area contributed by atoms with Crippen molar-refractivity contribution in [1.82, 2.24) is 30.3 Å². The number of quaternary nitrogens is 1. The Kier molecular flexibility index (Phi) is 20.8. The smallest absolute Gasteiger partial charge is 0.490 e. The molecule has 2 aromatic heterocycles. The highest BCUT2D eigenvalue weighted by Gasteiger charge is 2.40. The van der Waals surface area contributed by atoms with Gasteiger partial charge in [0.1, 0.15) is 0 Å². The zero-order valence-corrected chi connectivity index (χ0v) is 37.7. The number of alkyl halides is 5. The number of carboxylic acids is 1. The van der Waals surface area contributed by atoms with Crippen LogP contribution in [0, 0.1) is 23.5 Å². The van der Waals surface area contributed by atoms with E-state index in [1.807, 2.05) is 13.0 Å². The molecule has 0 spiro atoms. The number of rotatable bonds is 19. The number of aromatic nitrogens is 3. The lowest BCUT2D eigenvalue weighted by Gasteiger charge is -2.29. The molecule has 0 bridgehead atoms. The molecule has 6 N–H and O–H groups in total. The fraction of sp³-hybridized carbons (Fsp3) is 0.476. The Labute approximate surface area is 373 Å². The first kappa shape index (κ1) is 53.7. The highest BCUT2D eigenvalue weighted by molar-refractivity contribution is 7.20. The SMILES string of the molecule is CCc1cc(Nc2nccn3c(-c4ccc(OC)c(F)c4F)cnc23)ccc1C(=O)NCCCNC(=O)CC(CC)CC[NH+](C)CC1CNC1.COC(=O)C(F)(F)F.O=C(O)C(F)(F)P. The van der Waals surface area contributed by atoms with Gasteiger partial charge in [0.25, 0.3) is 5.91 Å². The van der Waals surface area contributed by atoms with Crippen LogP contribution in [0.3, 0.4) is 0 Å². The molecule has 0 saturated carbocycles. The first-order valence-electron chi connectivity index (χ1n) is 20.5. The molecule has 0 radical (unpaired) electrons. The minimum Gasteiger partial charge on any atom is -0.494 e. The Bertz CT molecular complexity index is 2220. The maximum absolute atomic E-state index is 14.9. The van der Waals surface area contributed by atoms with Crippen LogP contribution in [0.15, 0.2) is 48.9 Å². The zero-order chi connectivity index (χ0) is 48.5.